The van der Waals surface area contributed by atoms with Crippen LogP contribution in [0.2, 0.25) is 0 Å². The van der Waals surface area contributed by atoms with Crippen molar-refractivity contribution in [1.29, 1.82) is 0 Å². The van der Waals surface area contributed by atoms with E-state index in [1.54, 1.807) is 12.1 Å². The van der Waals surface area contributed by atoms with Crippen molar-refractivity contribution in [3.8, 4) is 11.5 Å². The van der Waals surface area contributed by atoms with E-state index in [2.05, 4.69) is 13.8 Å². The SMILES string of the molecule is CCCN1C(=O)C(=O)/C(=C(/O)c2cc(C)ccc2OC)C1c1ccc(OCC(C)C)cc1. The zero-order valence-electron chi connectivity index (χ0n) is 19.3. The molecule has 0 saturated carbocycles. The van der Waals surface area contributed by atoms with Gasteiger partial charge in [-0.2, -0.15) is 0 Å². The number of aryl methyl sites for hydroxylation is 1. The number of hydrogen-bond acceptors (Lipinski definition) is 5. The first kappa shape index (κ1) is 23.4. The number of rotatable bonds is 8. The lowest BCUT2D eigenvalue weighted by Crippen LogP contribution is -2.30. The first-order valence-corrected chi connectivity index (χ1v) is 10.9. The maximum absolute atomic E-state index is 13.0. The molecule has 1 atom stereocenters. The summed E-state index contributed by atoms with van der Waals surface area (Å²) >= 11 is 0. The van der Waals surface area contributed by atoms with Gasteiger partial charge in [0, 0.05) is 6.54 Å². The van der Waals surface area contributed by atoms with Gasteiger partial charge < -0.3 is 19.5 Å². The van der Waals surface area contributed by atoms with Crippen LogP contribution < -0.4 is 9.47 Å². The van der Waals surface area contributed by atoms with E-state index in [9.17, 15) is 14.7 Å². The summed E-state index contributed by atoms with van der Waals surface area (Å²) in [6, 6.07) is 12.0. The van der Waals surface area contributed by atoms with Crippen LogP contribution in [0, 0.1) is 12.8 Å². The highest BCUT2D eigenvalue weighted by Crippen LogP contribution is 2.41. The summed E-state index contributed by atoms with van der Waals surface area (Å²) in [5, 5.41) is 11.2. The molecule has 2 aromatic rings. The number of aliphatic hydroxyl groups excluding tert-OH is 1. The quantitative estimate of drug-likeness (QED) is 0.362. The van der Waals surface area contributed by atoms with Crippen LogP contribution in [0.5, 0.6) is 11.5 Å². The summed E-state index contributed by atoms with van der Waals surface area (Å²) in [7, 11) is 1.50. The minimum atomic E-state index is -0.690. The Labute approximate surface area is 189 Å². The fourth-order valence-electron chi connectivity index (χ4n) is 3.86. The number of methoxy groups -OCH3 is 1. The topological polar surface area (TPSA) is 76.1 Å². The lowest BCUT2D eigenvalue weighted by molar-refractivity contribution is -0.139. The molecule has 32 heavy (non-hydrogen) atoms. The number of carbonyl (C=O) groups excluding carboxylic acids is 2. The second kappa shape index (κ2) is 9.90. The largest absolute Gasteiger partial charge is 0.507 e. The number of likely N-dealkylation sites (tertiary alicyclic amines) is 1. The smallest absolute Gasteiger partial charge is 0.295 e. The lowest BCUT2D eigenvalue weighted by atomic mass is 9.94. The summed E-state index contributed by atoms with van der Waals surface area (Å²) < 4.78 is 11.2. The van der Waals surface area contributed by atoms with Crippen LogP contribution in [-0.4, -0.2) is 42.0 Å². The third kappa shape index (κ3) is 4.64. The number of nitrogens with zero attached hydrogens (tertiary/aromatic N) is 1. The summed E-state index contributed by atoms with van der Waals surface area (Å²) in [5.41, 5.74) is 2.10. The number of ether oxygens (including phenoxy) is 2. The Morgan fingerprint density at radius 1 is 1.12 bits per heavy atom. The van der Waals surface area contributed by atoms with Gasteiger partial charge in [0.2, 0.25) is 0 Å². The molecule has 170 valence electrons. The monoisotopic (exact) mass is 437 g/mol. The minimum absolute atomic E-state index is 0.0724. The van der Waals surface area contributed by atoms with Gasteiger partial charge in [-0.15, -0.1) is 0 Å². The molecule has 1 saturated heterocycles. The van der Waals surface area contributed by atoms with Crippen LogP contribution in [0.4, 0.5) is 0 Å². The molecule has 0 aromatic heterocycles. The van der Waals surface area contributed by atoms with Crippen LogP contribution in [0.1, 0.15) is 49.9 Å². The van der Waals surface area contributed by atoms with Crippen molar-refractivity contribution in [3.05, 3.63) is 64.7 Å². The van der Waals surface area contributed by atoms with Gasteiger partial charge in [0.15, 0.2) is 0 Å². The lowest BCUT2D eigenvalue weighted by Gasteiger charge is -2.25. The molecule has 0 aliphatic carbocycles. The highest BCUT2D eigenvalue weighted by Gasteiger charge is 2.45. The molecule has 1 N–H and O–H groups in total. The highest BCUT2D eigenvalue weighted by molar-refractivity contribution is 6.46. The van der Waals surface area contributed by atoms with Gasteiger partial charge in [-0.1, -0.05) is 44.5 Å². The van der Waals surface area contributed by atoms with Crippen molar-refractivity contribution in [3.63, 3.8) is 0 Å². The normalized spacial score (nSPS) is 17.8. The second-order valence-electron chi connectivity index (χ2n) is 8.47. The van der Waals surface area contributed by atoms with Crippen LogP contribution >= 0.6 is 0 Å². The van der Waals surface area contributed by atoms with Crippen LogP contribution in [0.3, 0.4) is 0 Å². The number of hydrogen-bond donors (Lipinski definition) is 1. The maximum atomic E-state index is 13.0. The Balaban J connectivity index is 2.11. The van der Waals surface area contributed by atoms with Gasteiger partial charge in [-0.25, -0.2) is 0 Å². The van der Waals surface area contributed by atoms with Crippen LogP contribution in [-0.2, 0) is 9.59 Å². The molecule has 1 aliphatic rings. The van der Waals surface area contributed by atoms with Crippen molar-refractivity contribution in [2.45, 2.75) is 40.2 Å². The molecule has 1 aliphatic heterocycles. The molecule has 1 fully saturated rings. The number of ketones is 1. The van der Waals surface area contributed by atoms with Gasteiger partial charge in [-0.05, 0) is 49.1 Å². The Hall–Kier alpha value is -3.28. The predicted octanol–water partition coefficient (Wildman–Crippen LogP) is 4.87. The van der Waals surface area contributed by atoms with E-state index in [-0.39, 0.29) is 11.3 Å². The molecule has 0 radical (unpaired) electrons. The van der Waals surface area contributed by atoms with E-state index in [0.29, 0.717) is 36.8 Å². The maximum Gasteiger partial charge on any atom is 0.295 e. The second-order valence-corrected chi connectivity index (χ2v) is 8.47. The molecule has 6 heteroatoms. The fraction of sp³-hybridized carbons (Fsp3) is 0.385. The van der Waals surface area contributed by atoms with Gasteiger partial charge in [0.1, 0.15) is 17.3 Å². The van der Waals surface area contributed by atoms with Crippen molar-refractivity contribution in [2.24, 2.45) is 5.92 Å². The van der Waals surface area contributed by atoms with E-state index in [1.165, 1.54) is 12.0 Å². The molecule has 0 spiro atoms. The highest BCUT2D eigenvalue weighted by atomic mass is 16.5. The van der Waals surface area contributed by atoms with Gasteiger partial charge in [0.05, 0.1) is 30.9 Å². The molecule has 3 rings (SSSR count). The van der Waals surface area contributed by atoms with Gasteiger partial charge in [0.25, 0.3) is 11.7 Å². The average Bonchev–Trinajstić information content (AvgIpc) is 3.02. The first-order valence-electron chi connectivity index (χ1n) is 10.9. The number of amides is 1. The van der Waals surface area contributed by atoms with Crippen LogP contribution in [0.25, 0.3) is 5.76 Å². The Morgan fingerprint density at radius 3 is 2.41 bits per heavy atom. The average molecular weight is 438 g/mol. The van der Waals surface area contributed by atoms with Crippen LogP contribution in [0.15, 0.2) is 48.0 Å². The molecular formula is C26H31NO5. The standard InChI is InChI=1S/C26H31NO5/c1-6-13-27-23(18-8-10-19(11-9-18)32-15-16(2)3)22(25(29)26(27)30)24(28)20-14-17(4)7-12-21(20)31-5/h7-12,14,16,23,28H,6,13,15H2,1-5H3/b24-22+. The fourth-order valence-corrected chi connectivity index (χ4v) is 3.86. The van der Waals surface area contributed by atoms with Gasteiger partial charge in [-0.3, -0.25) is 9.59 Å². The summed E-state index contributed by atoms with van der Waals surface area (Å²) in [6.45, 7) is 8.99. The van der Waals surface area contributed by atoms with Crippen molar-refractivity contribution in [1.82, 2.24) is 4.90 Å². The van der Waals surface area contributed by atoms with Crippen molar-refractivity contribution in [2.75, 3.05) is 20.3 Å². The predicted molar refractivity (Wildman–Crippen MR) is 124 cm³/mol. The minimum Gasteiger partial charge on any atom is -0.507 e. The molecule has 1 amide bonds. The Kier molecular flexibility index (Phi) is 7.23. The van der Waals surface area contributed by atoms with E-state index in [4.69, 9.17) is 9.47 Å². The molecule has 2 aromatic carbocycles. The van der Waals surface area contributed by atoms with E-state index < -0.39 is 17.7 Å². The third-order valence-electron chi connectivity index (χ3n) is 5.39. The molecule has 0 bridgehead atoms. The van der Waals surface area contributed by atoms with E-state index in [0.717, 1.165) is 16.9 Å². The number of Topliss-reactive ketones (excluding diaryl/α,β-unsaturated/α-hetero) is 1. The molecule has 1 unspecified atom stereocenters. The number of carbonyl (C=O) groups is 2. The molecular weight excluding hydrogens is 406 g/mol. The Bertz CT molecular complexity index is 1020. The number of aliphatic hydroxyl groups is 1. The molecule has 6 nitrogen and oxygen atoms in total. The summed E-state index contributed by atoms with van der Waals surface area (Å²) in [5.74, 6) is 0.0271. The third-order valence-corrected chi connectivity index (χ3v) is 5.39. The first-order chi connectivity index (χ1) is 15.3. The Morgan fingerprint density at radius 2 is 1.81 bits per heavy atom. The zero-order chi connectivity index (χ0) is 23.4. The number of benzene rings is 2. The van der Waals surface area contributed by atoms with Crippen molar-refractivity contribution >= 4 is 17.4 Å². The van der Waals surface area contributed by atoms with Crippen molar-refractivity contribution < 1.29 is 24.2 Å². The van der Waals surface area contributed by atoms with E-state index in [1.807, 2.05) is 44.2 Å². The zero-order valence-corrected chi connectivity index (χ0v) is 19.3. The summed E-state index contributed by atoms with van der Waals surface area (Å²) in [4.78, 5) is 27.4. The summed E-state index contributed by atoms with van der Waals surface area (Å²) in [6.07, 6.45) is 0.687. The van der Waals surface area contributed by atoms with E-state index >= 15 is 0 Å². The molecule has 1 heterocycles. The van der Waals surface area contributed by atoms with Gasteiger partial charge >= 0.3 is 0 Å².